The number of anilines is 1. The molecule has 0 atom stereocenters. The first-order valence-corrected chi connectivity index (χ1v) is 5.29. The molecule has 15 heavy (non-hydrogen) atoms. The van der Waals surface area contributed by atoms with E-state index in [2.05, 4.69) is 4.37 Å². The van der Waals surface area contributed by atoms with Crippen LogP contribution in [0, 0.1) is 0 Å². The molecule has 0 spiro atoms. The maximum absolute atomic E-state index is 11.2. The molecule has 0 fully saturated rings. The summed E-state index contributed by atoms with van der Waals surface area (Å²) in [4.78, 5) is 11.7. The molecule has 2 rings (SSSR count). The summed E-state index contributed by atoms with van der Waals surface area (Å²) in [5.74, 6) is -0.0350. The number of carbonyl (C=O) groups excluding carboxylic acids is 1. The highest BCUT2D eigenvalue weighted by Gasteiger charge is 2.14. The van der Waals surface area contributed by atoms with Gasteiger partial charge in [0, 0.05) is 12.5 Å². The molecule has 0 radical (unpaired) electrons. The summed E-state index contributed by atoms with van der Waals surface area (Å²) >= 11 is 1.15. The van der Waals surface area contributed by atoms with Crippen LogP contribution in [0.25, 0.3) is 11.3 Å². The molecule has 0 saturated carbocycles. The van der Waals surface area contributed by atoms with Crippen LogP contribution in [-0.2, 0) is 0 Å². The molecule has 0 aliphatic carbocycles. The number of carbonyl (C=O) groups is 1. The largest absolute Gasteiger partial charge is 0.396 e. The second kappa shape index (κ2) is 3.82. The van der Waals surface area contributed by atoms with Gasteiger partial charge in [0.25, 0.3) is 0 Å². The van der Waals surface area contributed by atoms with Gasteiger partial charge in [-0.05, 0) is 11.5 Å². The number of hydrogen-bond donors (Lipinski definition) is 1. The predicted molar refractivity (Wildman–Crippen MR) is 62.0 cm³/mol. The van der Waals surface area contributed by atoms with Gasteiger partial charge in [-0.1, -0.05) is 30.3 Å². The minimum absolute atomic E-state index is 0.0350. The average Bonchev–Trinajstić information content (AvgIpc) is 2.61. The summed E-state index contributed by atoms with van der Waals surface area (Å²) in [5, 5.41) is 0. The molecular formula is C11H10N2OS. The molecule has 0 bridgehead atoms. The topological polar surface area (TPSA) is 56.0 Å². The smallest absolute Gasteiger partial charge is 0.173 e. The Bertz CT molecular complexity index is 491. The van der Waals surface area contributed by atoms with Crippen LogP contribution in [0.3, 0.4) is 0 Å². The lowest BCUT2D eigenvalue weighted by Gasteiger charge is -1.97. The molecule has 2 aromatic rings. The Balaban J connectivity index is 2.52. The summed E-state index contributed by atoms with van der Waals surface area (Å²) < 4.78 is 4.20. The number of benzene rings is 1. The standard InChI is InChI=1S/C11H10N2OS/c1-7(14)11-9(12)10(13-15-11)8-5-3-2-4-6-8/h2-6H,12H2,1H3. The van der Waals surface area contributed by atoms with Gasteiger partial charge in [-0.3, -0.25) is 4.79 Å². The fourth-order valence-electron chi connectivity index (χ4n) is 1.36. The second-order valence-corrected chi connectivity index (χ2v) is 3.97. The van der Waals surface area contributed by atoms with E-state index in [0.717, 1.165) is 17.1 Å². The van der Waals surface area contributed by atoms with Crippen molar-refractivity contribution in [3.63, 3.8) is 0 Å². The summed E-state index contributed by atoms with van der Waals surface area (Å²) in [6.45, 7) is 1.50. The maximum atomic E-state index is 11.2. The number of ketones is 1. The van der Waals surface area contributed by atoms with Crippen LogP contribution in [-0.4, -0.2) is 10.2 Å². The van der Waals surface area contributed by atoms with Crippen molar-refractivity contribution < 1.29 is 4.79 Å². The van der Waals surface area contributed by atoms with E-state index in [1.54, 1.807) is 0 Å². The normalized spacial score (nSPS) is 10.2. The molecule has 0 aliphatic heterocycles. The van der Waals surface area contributed by atoms with E-state index in [9.17, 15) is 4.79 Å². The zero-order valence-electron chi connectivity index (χ0n) is 8.23. The first-order chi connectivity index (χ1) is 7.20. The fraction of sp³-hybridized carbons (Fsp3) is 0.0909. The van der Waals surface area contributed by atoms with Crippen molar-refractivity contribution in [1.29, 1.82) is 0 Å². The molecule has 0 unspecified atom stereocenters. The Morgan fingerprint density at radius 1 is 1.33 bits per heavy atom. The van der Waals surface area contributed by atoms with Crippen LogP contribution in [0.1, 0.15) is 16.6 Å². The van der Waals surface area contributed by atoms with E-state index in [1.165, 1.54) is 6.92 Å². The summed E-state index contributed by atoms with van der Waals surface area (Å²) in [5.41, 5.74) is 7.99. The fourth-order valence-corrected chi connectivity index (χ4v) is 2.07. The van der Waals surface area contributed by atoms with Crippen LogP contribution >= 0.6 is 11.5 Å². The molecule has 0 amide bonds. The second-order valence-electron chi connectivity index (χ2n) is 3.20. The third-order valence-corrected chi connectivity index (χ3v) is 3.06. The molecule has 1 aromatic carbocycles. The minimum atomic E-state index is -0.0350. The van der Waals surface area contributed by atoms with E-state index in [1.807, 2.05) is 30.3 Å². The van der Waals surface area contributed by atoms with Gasteiger partial charge >= 0.3 is 0 Å². The van der Waals surface area contributed by atoms with Gasteiger partial charge < -0.3 is 5.73 Å². The van der Waals surface area contributed by atoms with Gasteiger partial charge in [0.15, 0.2) is 5.78 Å². The monoisotopic (exact) mass is 218 g/mol. The van der Waals surface area contributed by atoms with E-state index < -0.39 is 0 Å². The highest BCUT2D eigenvalue weighted by molar-refractivity contribution is 7.09. The molecule has 3 nitrogen and oxygen atoms in total. The van der Waals surface area contributed by atoms with Gasteiger partial charge in [-0.15, -0.1) is 0 Å². The van der Waals surface area contributed by atoms with Crippen LogP contribution < -0.4 is 5.73 Å². The third kappa shape index (κ3) is 1.76. The number of rotatable bonds is 2. The van der Waals surface area contributed by atoms with Crippen molar-refractivity contribution in [1.82, 2.24) is 4.37 Å². The Morgan fingerprint density at radius 3 is 2.53 bits per heavy atom. The third-order valence-electron chi connectivity index (χ3n) is 2.09. The van der Waals surface area contributed by atoms with Gasteiger partial charge in [-0.2, -0.15) is 4.37 Å². The molecule has 0 saturated heterocycles. The van der Waals surface area contributed by atoms with Crippen molar-refractivity contribution in [2.24, 2.45) is 0 Å². The zero-order valence-corrected chi connectivity index (χ0v) is 9.04. The number of nitrogens with two attached hydrogens (primary N) is 1. The van der Waals surface area contributed by atoms with Crippen molar-refractivity contribution >= 4 is 23.0 Å². The van der Waals surface area contributed by atoms with Crippen molar-refractivity contribution in [2.45, 2.75) is 6.92 Å². The van der Waals surface area contributed by atoms with Gasteiger partial charge in [0.2, 0.25) is 0 Å². The number of hydrogen-bond acceptors (Lipinski definition) is 4. The molecule has 76 valence electrons. The Kier molecular flexibility index (Phi) is 2.51. The van der Waals surface area contributed by atoms with Crippen molar-refractivity contribution in [3.05, 3.63) is 35.2 Å². The van der Waals surface area contributed by atoms with Crippen molar-refractivity contribution in [3.8, 4) is 11.3 Å². The van der Waals surface area contributed by atoms with E-state index in [-0.39, 0.29) is 5.78 Å². The quantitative estimate of drug-likeness (QED) is 0.788. The molecular weight excluding hydrogens is 208 g/mol. The van der Waals surface area contributed by atoms with Crippen LogP contribution in [0.4, 0.5) is 5.69 Å². The molecule has 1 aromatic heterocycles. The first-order valence-electron chi connectivity index (χ1n) is 4.51. The minimum Gasteiger partial charge on any atom is -0.396 e. The van der Waals surface area contributed by atoms with Crippen LogP contribution in [0.15, 0.2) is 30.3 Å². The van der Waals surface area contributed by atoms with Crippen LogP contribution in [0.5, 0.6) is 0 Å². The lowest BCUT2D eigenvalue weighted by atomic mass is 10.1. The molecule has 1 heterocycles. The average molecular weight is 218 g/mol. The lowest BCUT2D eigenvalue weighted by Crippen LogP contribution is -1.95. The Hall–Kier alpha value is -1.68. The molecule has 4 heteroatoms. The number of nitrogen functional groups attached to an aromatic ring is 1. The van der Waals surface area contributed by atoms with Crippen molar-refractivity contribution in [2.75, 3.05) is 5.73 Å². The number of aromatic nitrogens is 1. The highest BCUT2D eigenvalue weighted by Crippen LogP contribution is 2.30. The zero-order chi connectivity index (χ0) is 10.8. The van der Waals surface area contributed by atoms with E-state index in [0.29, 0.717) is 16.3 Å². The number of Topliss-reactive ketones (excluding diaryl/α,β-unsaturated/α-hetero) is 1. The van der Waals surface area contributed by atoms with Gasteiger partial charge in [-0.25, -0.2) is 0 Å². The molecule has 2 N–H and O–H groups in total. The van der Waals surface area contributed by atoms with E-state index >= 15 is 0 Å². The maximum Gasteiger partial charge on any atom is 0.173 e. The van der Waals surface area contributed by atoms with Gasteiger partial charge in [0.05, 0.1) is 5.69 Å². The predicted octanol–water partition coefficient (Wildman–Crippen LogP) is 2.59. The number of nitrogens with zero attached hydrogens (tertiary/aromatic N) is 1. The SMILES string of the molecule is CC(=O)c1snc(-c2ccccc2)c1N. The highest BCUT2D eigenvalue weighted by atomic mass is 32.1. The summed E-state index contributed by atoms with van der Waals surface area (Å²) in [6, 6.07) is 9.62. The summed E-state index contributed by atoms with van der Waals surface area (Å²) in [6.07, 6.45) is 0. The summed E-state index contributed by atoms with van der Waals surface area (Å²) in [7, 11) is 0. The van der Waals surface area contributed by atoms with Crippen LogP contribution in [0.2, 0.25) is 0 Å². The Morgan fingerprint density at radius 2 is 2.00 bits per heavy atom. The van der Waals surface area contributed by atoms with Gasteiger partial charge in [0.1, 0.15) is 10.6 Å². The molecule has 0 aliphatic rings. The lowest BCUT2D eigenvalue weighted by molar-refractivity contribution is 0.102. The first kappa shape index (κ1) is 9.86. The Labute approximate surface area is 91.7 Å². The van der Waals surface area contributed by atoms with E-state index in [4.69, 9.17) is 5.73 Å².